The van der Waals surface area contributed by atoms with E-state index < -0.39 is 0 Å². The van der Waals surface area contributed by atoms with Crippen molar-refractivity contribution >= 4 is 12.2 Å². The van der Waals surface area contributed by atoms with Crippen LogP contribution in [0.2, 0.25) is 0 Å². The maximum Gasteiger partial charge on any atom is 0.238 e. The van der Waals surface area contributed by atoms with Crippen LogP contribution >= 0.6 is 12.2 Å². The van der Waals surface area contributed by atoms with Gasteiger partial charge in [0.1, 0.15) is 0 Å². The lowest BCUT2D eigenvalue weighted by molar-refractivity contribution is 0.171. The van der Waals surface area contributed by atoms with Crippen LogP contribution in [-0.4, -0.2) is 44.7 Å². The van der Waals surface area contributed by atoms with Crippen LogP contribution < -0.4 is 0 Å². The van der Waals surface area contributed by atoms with Crippen molar-refractivity contribution < 1.29 is 0 Å². The van der Waals surface area contributed by atoms with Gasteiger partial charge in [-0.3, -0.25) is 0 Å². The van der Waals surface area contributed by atoms with Crippen molar-refractivity contribution in [2.45, 2.75) is 13.0 Å². The third kappa shape index (κ3) is 1.54. The fourth-order valence-electron chi connectivity index (χ4n) is 1.21. The van der Waals surface area contributed by atoms with Crippen molar-refractivity contribution in [3.8, 4) is 0 Å². The largest absolute Gasteiger partial charge is 0.301 e. The molecule has 0 saturated carbocycles. The number of H-pyrrole nitrogens is 1. The molecule has 66 valence electrons. The van der Waals surface area contributed by atoms with Crippen molar-refractivity contribution in [1.82, 2.24) is 25.1 Å². The predicted octanol–water partition coefficient (Wildman–Crippen LogP) is 0.0414. The highest BCUT2D eigenvalue weighted by molar-refractivity contribution is 7.71. The van der Waals surface area contributed by atoms with E-state index >= 15 is 0 Å². The molecule has 0 unspecified atom stereocenters. The van der Waals surface area contributed by atoms with Crippen LogP contribution in [0.15, 0.2) is 0 Å². The van der Waals surface area contributed by atoms with Crippen LogP contribution in [0.25, 0.3) is 0 Å². The number of nitrogens with one attached hydrogen (secondary N) is 1. The van der Waals surface area contributed by atoms with Gasteiger partial charge in [0.05, 0.1) is 6.54 Å². The number of hydrogen-bond acceptors (Lipinski definition) is 4. The van der Waals surface area contributed by atoms with Crippen LogP contribution in [0.1, 0.15) is 6.42 Å². The Kier molecular flexibility index (Phi) is 2.18. The third-order valence-electron chi connectivity index (χ3n) is 2.12. The molecule has 0 aliphatic carbocycles. The topological polar surface area (TPSA) is 49.7 Å². The van der Waals surface area contributed by atoms with Gasteiger partial charge < -0.3 is 4.90 Å². The van der Waals surface area contributed by atoms with E-state index in [2.05, 4.69) is 20.4 Å². The molecule has 12 heavy (non-hydrogen) atoms. The monoisotopic (exact) mass is 185 g/mol. The van der Waals surface area contributed by atoms with Crippen LogP contribution in [0.3, 0.4) is 0 Å². The second-order valence-electron chi connectivity index (χ2n) is 2.93. The molecule has 1 N–H and O–H groups in total. The molecule has 0 spiro atoms. The number of aromatic amines is 1. The number of nitrogens with zero attached hydrogens (tertiary/aromatic N) is 4. The smallest absolute Gasteiger partial charge is 0.238 e. The molecule has 0 atom stereocenters. The maximum atomic E-state index is 4.93. The molecule has 0 amide bonds. The second kappa shape index (κ2) is 3.32. The van der Waals surface area contributed by atoms with E-state index in [0.717, 1.165) is 13.1 Å². The lowest BCUT2D eigenvalue weighted by atomic mass is 10.2. The van der Waals surface area contributed by atoms with E-state index in [1.807, 2.05) is 0 Å². The summed E-state index contributed by atoms with van der Waals surface area (Å²) in [5.41, 5.74) is 0. The summed E-state index contributed by atoms with van der Waals surface area (Å²) >= 11 is 4.93. The van der Waals surface area contributed by atoms with E-state index in [4.69, 9.17) is 12.2 Å². The molecule has 0 radical (unpaired) electrons. The van der Waals surface area contributed by atoms with Crippen LogP contribution in [0.5, 0.6) is 0 Å². The van der Waals surface area contributed by atoms with Gasteiger partial charge in [0.15, 0.2) is 0 Å². The van der Waals surface area contributed by atoms with Crippen molar-refractivity contribution in [2.75, 3.05) is 19.6 Å². The Morgan fingerprint density at radius 3 is 2.75 bits per heavy atom. The van der Waals surface area contributed by atoms with Crippen LogP contribution in [-0.2, 0) is 6.54 Å². The molecule has 0 aromatic carbocycles. The molecule has 1 fully saturated rings. The third-order valence-corrected chi connectivity index (χ3v) is 2.42. The highest BCUT2D eigenvalue weighted by atomic mass is 32.1. The van der Waals surface area contributed by atoms with Gasteiger partial charge in [-0.1, -0.05) is 10.3 Å². The van der Waals surface area contributed by atoms with E-state index in [9.17, 15) is 0 Å². The average Bonchev–Trinajstić information content (AvgIpc) is 2.33. The van der Waals surface area contributed by atoms with E-state index in [-0.39, 0.29) is 0 Å². The normalized spacial score (nSPS) is 17.7. The SMILES string of the molecule is S=c1nn[nH]n1CCN1CCC1. The molecule has 2 rings (SSSR count). The number of hydrogen-bond donors (Lipinski definition) is 1. The van der Waals surface area contributed by atoms with E-state index in [1.54, 1.807) is 4.68 Å². The number of tetrazole rings is 1. The Morgan fingerprint density at radius 2 is 2.25 bits per heavy atom. The molecule has 0 bridgehead atoms. The van der Waals surface area contributed by atoms with Gasteiger partial charge in [-0.15, -0.1) is 0 Å². The van der Waals surface area contributed by atoms with Crippen molar-refractivity contribution in [3.63, 3.8) is 0 Å². The fraction of sp³-hybridized carbons (Fsp3) is 0.833. The Morgan fingerprint density at radius 1 is 1.42 bits per heavy atom. The maximum absolute atomic E-state index is 4.93. The van der Waals surface area contributed by atoms with Crippen molar-refractivity contribution in [2.24, 2.45) is 0 Å². The summed E-state index contributed by atoms with van der Waals surface area (Å²) in [5, 5.41) is 10.0. The predicted molar refractivity (Wildman–Crippen MR) is 46.3 cm³/mol. The first-order valence-electron chi connectivity index (χ1n) is 4.06. The molecule has 1 aromatic heterocycles. The van der Waals surface area contributed by atoms with Gasteiger partial charge in [-0.2, -0.15) is 5.21 Å². The van der Waals surface area contributed by atoms with Gasteiger partial charge in [0, 0.05) is 6.54 Å². The zero-order chi connectivity index (χ0) is 8.39. The minimum Gasteiger partial charge on any atom is -0.301 e. The first kappa shape index (κ1) is 7.88. The lowest BCUT2D eigenvalue weighted by Crippen LogP contribution is -2.39. The van der Waals surface area contributed by atoms with Crippen LogP contribution in [0.4, 0.5) is 0 Å². The van der Waals surface area contributed by atoms with E-state index in [1.165, 1.54) is 19.5 Å². The molecule has 2 heterocycles. The van der Waals surface area contributed by atoms with Gasteiger partial charge in [-0.05, 0) is 31.7 Å². The number of rotatable bonds is 3. The summed E-state index contributed by atoms with van der Waals surface area (Å²) in [6, 6.07) is 0. The molecule has 1 aromatic rings. The average molecular weight is 185 g/mol. The second-order valence-corrected chi connectivity index (χ2v) is 3.29. The van der Waals surface area contributed by atoms with Gasteiger partial charge >= 0.3 is 0 Å². The Labute approximate surface area is 75.4 Å². The lowest BCUT2D eigenvalue weighted by Gasteiger charge is -2.30. The van der Waals surface area contributed by atoms with Gasteiger partial charge in [0.25, 0.3) is 0 Å². The zero-order valence-electron chi connectivity index (χ0n) is 6.73. The van der Waals surface area contributed by atoms with Gasteiger partial charge in [-0.25, -0.2) is 4.68 Å². The number of aromatic nitrogens is 4. The highest BCUT2D eigenvalue weighted by Crippen LogP contribution is 2.04. The summed E-state index contributed by atoms with van der Waals surface area (Å²) in [4.78, 5) is 2.38. The highest BCUT2D eigenvalue weighted by Gasteiger charge is 2.12. The first-order chi connectivity index (χ1) is 5.86. The number of likely N-dealkylation sites (tertiary alicyclic amines) is 1. The summed E-state index contributed by atoms with van der Waals surface area (Å²) in [6.07, 6.45) is 1.33. The Bertz CT molecular complexity index is 299. The molecular weight excluding hydrogens is 174 g/mol. The van der Waals surface area contributed by atoms with Crippen LogP contribution in [0, 0.1) is 4.77 Å². The van der Waals surface area contributed by atoms with Crippen molar-refractivity contribution in [1.29, 1.82) is 0 Å². The molecular formula is C6H11N5S. The molecule has 1 saturated heterocycles. The Hall–Kier alpha value is -0.750. The molecule has 6 heteroatoms. The molecule has 1 aliphatic heterocycles. The quantitative estimate of drug-likeness (QED) is 0.676. The molecule has 1 aliphatic rings. The summed E-state index contributed by atoms with van der Waals surface area (Å²) in [7, 11) is 0. The van der Waals surface area contributed by atoms with E-state index in [0.29, 0.717) is 4.77 Å². The summed E-state index contributed by atoms with van der Waals surface area (Å²) in [6.45, 7) is 4.34. The summed E-state index contributed by atoms with van der Waals surface area (Å²) < 4.78 is 2.32. The van der Waals surface area contributed by atoms with Gasteiger partial charge in [0.2, 0.25) is 4.77 Å². The minimum atomic E-state index is 0.538. The molecule has 5 nitrogen and oxygen atoms in total. The van der Waals surface area contributed by atoms with Crippen molar-refractivity contribution in [3.05, 3.63) is 4.77 Å². The summed E-state index contributed by atoms with van der Waals surface area (Å²) in [5.74, 6) is 0. The minimum absolute atomic E-state index is 0.538. The Balaban J connectivity index is 1.86. The zero-order valence-corrected chi connectivity index (χ0v) is 7.55. The first-order valence-corrected chi connectivity index (χ1v) is 4.47. The standard InChI is InChI=1S/C6H11N5S/c12-6-7-8-9-11(6)5-4-10-2-1-3-10/h1-5H2,(H,7,9,12). The fourth-order valence-corrected chi connectivity index (χ4v) is 1.38.